The molecule has 0 saturated carbocycles. The molecule has 0 unspecified atom stereocenters. The minimum atomic E-state index is 0.796. The highest BCUT2D eigenvalue weighted by atomic mass is 79.9. The molecule has 3 aromatic rings. The molecule has 106 valence electrons. The molecule has 0 saturated heterocycles. The Morgan fingerprint density at radius 1 is 1.19 bits per heavy atom. The second-order valence-corrected chi connectivity index (χ2v) is 6.50. The molecule has 0 atom stereocenters. The minimum absolute atomic E-state index is 0.796. The van der Waals surface area contributed by atoms with Gasteiger partial charge in [0.05, 0.1) is 13.2 Å². The van der Waals surface area contributed by atoms with Crippen molar-refractivity contribution in [3.05, 3.63) is 63.8 Å². The van der Waals surface area contributed by atoms with Crippen molar-refractivity contribution in [2.45, 2.75) is 19.9 Å². The van der Waals surface area contributed by atoms with Crippen LogP contribution in [0.4, 0.5) is 0 Å². The van der Waals surface area contributed by atoms with Crippen molar-refractivity contribution < 1.29 is 4.74 Å². The number of hydrogen-bond acceptors (Lipinski definition) is 1. The van der Waals surface area contributed by atoms with Gasteiger partial charge in [-0.15, -0.1) is 0 Å². The van der Waals surface area contributed by atoms with Crippen LogP contribution in [0.15, 0.2) is 46.9 Å². The Hall–Kier alpha value is -1.74. The summed E-state index contributed by atoms with van der Waals surface area (Å²) in [5.41, 5.74) is 5.12. The number of aromatic nitrogens is 1. The number of hydrogen-bond donors (Lipinski definition) is 0. The fourth-order valence-electron chi connectivity index (χ4n) is 3.19. The highest BCUT2D eigenvalue weighted by Gasteiger charge is 2.18. The second kappa shape index (κ2) is 4.92. The summed E-state index contributed by atoms with van der Waals surface area (Å²) in [6, 6.07) is 15.1. The van der Waals surface area contributed by atoms with Crippen molar-refractivity contribution in [2.24, 2.45) is 0 Å². The lowest BCUT2D eigenvalue weighted by molar-refractivity contribution is 0.352. The molecule has 4 rings (SSSR count). The van der Waals surface area contributed by atoms with Crippen LogP contribution in [0.25, 0.3) is 10.9 Å². The van der Waals surface area contributed by atoms with Gasteiger partial charge in [0.1, 0.15) is 5.75 Å². The maximum atomic E-state index is 5.85. The molecule has 3 heteroatoms. The third kappa shape index (κ3) is 2.16. The van der Waals surface area contributed by atoms with Gasteiger partial charge in [0.15, 0.2) is 0 Å². The monoisotopic (exact) mass is 341 g/mol. The van der Waals surface area contributed by atoms with Crippen molar-refractivity contribution >= 4 is 26.8 Å². The summed E-state index contributed by atoms with van der Waals surface area (Å²) in [5.74, 6) is 1.08. The smallest absolute Gasteiger partial charge is 0.127 e. The van der Waals surface area contributed by atoms with E-state index in [-0.39, 0.29) is 0 Å². The Labute approximate surface area is 132 Å². The average molecular weight is 342 g/mol. The first-order valence-corrected chi connectivity index (χ1v) is 8.00. The standard InChI is InChI=1S/C18H16BrNO/c1-12-8-13-4-2-3-5-17(13)20(12)11-15-10-16(19)9-14-6-7-21-18(14)15/h2-5,8-10H,6-7,11H2,1H3. The lowest BCUT2D eigenvalue weighted by Gasteiger charge is -2.13. The van der Waals surface area contributed by atoms with E-state index >= 15 is 0 Å². The van der Waals surface area contributed by atoms with E-state index in [0.29, 0.717) is 0 Å². The zero-order valence-electron chi connectivity index (χ0n) is 11.9. The molecule has 0 spiro atoms. The summed E-state index contributed by atoms with van der Waals surface area (Å²) in [5, 5.41) is 1.29. The molecule has 0 radical (unpaired) electrons. The summed E-state index contributed by atoms with van der Waals surface area (Å²) < 4.78 is 9.35. The van der Waals surface area contributed by atoms with Gasteiger partial charge in [0, 0.05) is 27.7 Å². The number of nitrogens with zero attached hydrogens (tertiary/aromatic N) is 1. The lowest BCUT2D eigenvalue weighted by Crippen LogP contribution is -2.03. The van der Waals surface area contributed by atoms with Gasteiger partial charge in [0.25, 0.3) is 0 Å². The third-order valence-electron chi connectivity index (χ3n) is 4.17. The summed E-state index contributed by atoms with van der Waals surface area (Å²) in [7, 11) is 0. The molecular weight excluding hydrogens is 326 g/mol. The van der Waals surface area contributed by atoms with Gasteiger partial charge in [-0.25, -0.2) is 0 Å². The predicted molar refractivity (Wildman–Crippen MR) is 89.1 cm³/mol. The van der Waals surface area contributed by atoms with E-state index in [1.54, 1.807) is 0 Å². The van der Waals surface area contributed by atoms with Crippen LogP contribution < -0.4 is 4.74 Å². The molecule has 0 aliphatic carbocycles. The number of aryl methyl sites for hydroxylation is 1. The molecule has 2 heterocycles. The van der Waals surface area contributed by atoms with Crippen molar-refractivity contribution in [1.29, 1.82) is 0 Å². The summed E-state index contributed by atoms with van der Waals surface area (Å²) in [6.07, 6.45) is 1.01. The Morgan fingerprint density at radius 3 is 2.95 bits per heavy atom. The minimum Gasteiger partial charge on any atom is -0.493 e. The van der Waals surface area contributed by atoms with Crippen LogP contribution in [0.1, 0.15) is 16.8 Å². The molecule has 21 heavy (non-hydrogen) atoms. The number of benzene rings is 2. The summed E-state index contributed by atoms with van der Waals surface area (Å²) in [6.45, 7) is 3.81. The first-order chi connectivity index (χ1) is 10.2. The Bertz CT molecular complexity index is 835. The largest absolute Gasteiger partial charge is 0.493 e. The number of para-hydroxylation sites is 1. The fraction of sp³-hybridized carbons (Fsp3) is 0.222. The second-order valence-electron chi connectivity index (χ2n) is 5.58. The van der Waals surface area contributed by atoms with Crippen molar-refractivity contribution in [3.63, 3.8) is 0 Å². The van der Waals surface area contributed by atoms with Crippen LogP contribution in [-0.2, 0) is 13.0 Å². The van der Waals surface area contributed by atoms with E-state index < -0.39 is 0 Å². The maximum absolute atomic E-state index is 5.85. The molecule has 0 fully saturated rings. The van der Waals surface area contributed by atoms with Gasteiger partial charge < -0.3 is 9.30 Å². The molecule has 1 aliphatic rings. The van der Waals surface area contributed by atoms with Gasteiger partial charge in [-0.2, -0.15) is 0 Å². The highest BCUT2D eigenvalue weighted by Crippen LogP contribution is 2.34. The van der Waals surface area contributed by atoms with E-state index in [4.69, 9.17) is 4.74 Å². The molecule has 0 amide bonds. The van der Waals surface area contributed by atoms with Crippen LogP contribution in [-0.4, -0.2) is 11.2 Å². The molecular formula is C18H16BrNO. The van der Waals surface area contributed by atoms with Crippen molar-refractivity contribution in [1.82, 2.24) is 4.57 Å². The summed E-state index contributed by atoms with van der Waals surface area (Å²) in [4.78, 5) is 0. The normalized spacial score (nSPS) is 13.4. The zero-order valence-corrected chi connectivity index (χ0v) is 13.5. The van der Waals surface area contributed by atoms with E-state index in [9.17, 15) is 0 Å². The fourth-order valence-corrected chi connectivity index (χ4v) is 3.74. The Morgan fingerprint density at radius 2 is 2.05 bits per heavy atom. The lowest BCUT2D eigenvalue weighted by atomic mass is 10.1. The zero-order chi connectivity index (χ0) is 14.4. The Kier molecular flexibility index (Phi) is 3.03. The molecule has 0 bridgehead atoms. The van der Waals surface area contributed by atoms with Crippen LogP contribution in [0.5, 0.6) is 5.75 Å². The van der Waals surface area contributed by atoms with E-state index in [1.807, 2.05) is 0 Å². The summed E-state index contributed by atoms with van der Waals surface area (Å²) >= 11 is 3.62. The van der Waals surface area contributed by atoms with Crippen LogP contribution in [0, 0.1) is 6.92 Å². The first-order valence-electron chi connectivity index (χ1n) is 7.21. The van der Waals surface area contributed by atoms with Gasteiger partial charge in [-0.05, 0) is 42.1 Å². The number of rotatable bonds is 2. The molecule has 0 N–H and O–H groups in total. The van der Waals surface area contributed by atoms with Gasteiger partial charge in [0.2, 0.25) is 0 Å². The van der Waals surface area contributed by atoms with Crippen molar-refractivity contribution in [2.75, 3.05) is 6.61 Å². The quantitative estimate of drug-likeness (QED) is 0.659. The van der Waals surface area contributed by atoms with E-state index in [1.165, 1.54) is 27.7 Å². The number of ether oxygens (including phenoxy) is 1. The van der Waals surface area contributed by atoms with Gasteiger partial charge in [-0.3, -0.25) is 0 Å². The van der Waals surface area contributed by atoms with E-state index in [2.05, 4.69) is 69.9 Å². The average Bonchev–Trinajstić information content (AvgIpc) is 3.04. The van der Waals surface area contributed by atoms with Gasteiger partial charge >= 0.3 is 0 Å². The number of halogens is 1. The third-order valence-corrected chi connectivity index (χ3v) is 4.63. The van der Waals surface area contributed by atoms with E-state index in [0.717, 1.165) is 29.8 Å². The molecule has 1 aromatic heterocycles. The van der Waals surface area contributed by atoms with Crippen molar-refractivity contribution in [3.8, 4) is 5.75 Å². The SMILES string of the molecule is Cc1cc2ccccc2n1Cc1cc(Br)cc2c1OCC2. The van der Waals surface area contributed by atoms with Gasteiger partial charge in [-0.1, -0.05) is 34.1 Å². The highest BCUT2D eigenvalue weighted by molar-refractivity contribution is 9.10. The van der Waals surface area contributed by atoms with Crippen LogP contribution in [0.2, 0.25) is 0 Å². The topological polar surface area (TPSA) is 14.2 Å². The number of fused-ring (bicyclic) bond motifs is 2. The predicted octanol–water partition coefficient (Wildman–Crippen LogP) is 4.70. The first kappa shape index (κ1) is 13.0. The molecule has 2 nitrogen and oxygen atoms in total. The maximum Gasteiger partial charge on any atom is 0.127 e. The van der Waals surface area contributed by atoms with Crippen LogP contribution >= 0.6 is 15.9 Å². The molecule has 1 aliphatic heterocycles. The molecule has 2 aromatic carbocycles. The van der Waals surface area contributed by atoms with Crippen LogP contribution in [0.3, 0.4) is 0 Å². The Balaban J connectivity index is 1.84.